The molecule has 25 heteroatoms. The molecule has 302 valence electrons. The van der Waals surface area contributed by atoms with Gasteiger partial charge in [0, 0.05) is 63.2 Å². The molecule has 0 rings (SSSR count). The fourth-order valence-electron chi connectivity index (χ4n) is 0.219. The molecule has 0 saturated heterocycles. The van der Waals surface area contributed by atoms with Gasteiger partial charge in [-0.3, -0.25) is 29.9 Å². The van der Waals surface area contributed by atoms with Gasteiger partial charge in [0.15, 0.2) is 11.1 Å². The smallest absolute Gasteiger partial charge is 0.469 e. The van der Waals surface area contributed by atoms with Crippen LogP contribution in [0.1, 0.15) is 20.8 Å². The average Bonchev–Trinajstić information content (AvgIpc) is 2.96. The Labute approximate surface area is 301 Å². The summed E-state index contributed by atoms with van der Waals surface area (Å²) in [5.74, 6) is -0.0787. The van der Waals surface area contributed by atoms with Crippen LogP contribution in [0, 0.1) is 0 Å². The molecule has 0 N–H and O–H groups in total. The lowest BCUT2D eigenvalue weighted by atomic mass is 10.6. The lowest BCUT2D eigenvalue weighted by molar-refractivity contribution is -0.138. The van der Waals surface area contributed by atoms with E-state index in [1.807, 2.05) is 12.5 Å². The molecule has 0 aliphatic heterocycles. The second kappa shape index (κ2) is 61.1. The number of hydrogen-bond acceptors (Lipinski definition) is 20. The van der Waals surface area contributed by atoms with Gasteiger partial charge in [0.25, 0.3) is 0 Å². The van der Waals surface area contributed by atoms with Gasteiger partial charge >= 0.3 is 33.9 Å². The minimum Gasteiger partial charge on any atom is -0.469 e. The van der Waals surface area contributed by atoms with Crippen LogP contribution < -0.4 is 0 Å². The van der Waals surface area contributed by atoms with Gasteiger partial charge in [0.2, 0.25) is 0 Å². The van der Waals surface area contributed by atoms with Crippen LogP contribution in [0.2, 0.25) is 0 Å². The first-order valence-corrected chi connectivity index (χ1v) is 21.4. The summed E-state index contributed by atoms with van der Waals surface area (Å²) >= 11 is -0.856. The van der Waals surface area contributed by atoms with Crippen LogP contribution in [-0.4, -0.2) is 162 Å². The number of rotatable bonds is 5. The molecule has 0 aromatic heterocycles. The summed E-state index contributed by atoms with van der Waals surface area (Å²) < 4.78 is 105. The number of esters is 1. The first-order valence-electron chi connectivity index (χ1n) is 11.7. The van der Waals surface area contributed by atoms with E-state index >= 15 is 0 Å². The topological polar surface area (TPSA) is 254 Å². The zero-order valence-corrected chi connectivity index (χ0v) is 36.6. The molecule has 0 aliphatic rings. The van der Waals surface area contributed by atoms with Crippen molar-refractivity contribution in [1.82, 2.24) is 0 Å². The van der Waals surface area contributed by atoms with Crippen molar-refractivity contribution in [3.05, 3.63) is 0 Å². The van der Waals surface area contributed by atoms with Gasteiger partial charge in [-0.05, 0) is 26.4 Å². The Bertz CT molecular complexity index is 860. The van der Waals surface area contributed by atoms with Crippen molar-refractivity contribution in [2.75, 3.05) is 115 Å². The molecular weight excluding hydrogens is 773 g/mol. The number of carbonyl (C=O) groups is 3. The number of Topliss-reactive ketones (excluding diaryl/α,β-unsaturated/α-hetero) is 1. The van der Waals surface area contributed by atoms with Gasteiger partial charge in [0.1, 0.15) is 15.6 Å². The SMILES string of the molecule is CC(C)=O.COC.COC(=O)OC.COC(C)=O.COS(=O)(=O)OC.COS(=O)OC.COS(C)=O.CS(C)(=O)=O.CS(C)=O.CSC. The molecule has 0 bridgehead atoms. The zero-order valence-electron chi connectivity index (χ0n) is 31.7. The second-order valence-electron chi connectivity index (χ2n) is 6.81. The van der Waals surface area contributed by atoms with E-state index in [9.17, 15) is 43.8 Å². The molecule has 48 heavy (non-hydrogen) atoms. The Hall–Kier alpha value is -1.13. The molecule has 0 spiro atoms. The van der Waals surface area contributed by atoms with Crippen LogP contribution in [0.15, 0.2) is 0 Å². The van der Waals surface area contributed by atoms with Gasteiger partial charge < -0.3 is 23.7 Å². The van der Waals surface area contributed by atoms with Crippen molar-refractivity contribution in [1.29, 1.82) is 0 Å². The molecule has 0 aromatic carbocycles. The zero-order chi connectivity index (χ0) is 41.5. The third-order valence-corrected chi connectivity index (χ3v) is 3.37. The number of ether oxygens (including phenoxy) is 4. The van der Waals surface area contributed by atoms with Crippen LogP contribution >= 0.6 is 11.8 Å². The molecule has 0 fully saturated rings. The third-order valence-electron chi connectivity index (χ3n) is 1.54. The van der Waals surface area contributed by atoms with Crippen molar-refractivity contribution in [3.8, 4) is 0 Å². The van der Waals surface area contributed by atoms with Gasteiger partial charge in [-0.1, -0.05) is 0 Å². The van der Waals surface area contributed by atoms with Crippen LogP contribution in [0.5, 0.6) is 0 Å². The highest BCUT2D eigenvalue weighted by Gasteiger charge is 2.01. The van der Waals surface area contributed by atoms with E-state index in [2.05, 4.69) is 39.9 Å². The Morgan fingerprint density at radius 1 is 0.583 bits per heavy atom. The van der Waals surface area contributed by atoms with E-state index in [1.165, 1.54) is 69.7 Å². The van der Waals surface area contributed by atoms with Crippen LogP contribution in [0.3, 0.4) is 0 Å². The summed E-state index contributed by atoms with van der Waals surface area (Å²) in [4.78, 5) is 28.8. The first kappa shape index (κ1) is 72.5. The summed E-state index contributed by atoms with van der Waals surface area (Å²) in [5, 5.41) is 0. The summed E-state index contributed by atoms with van der Waals surface area (Å²) in [6.45, 7) is 4.42. The lowest BCUT2D eigenvalue weighted by Crippen LogP contribution is -2.02. The minimum atomic E-state index is -3.66. The van der Waals surface area contributed by atoms with Gasteiger partial charge in [-0.2, -0.15) is 24.4 Å². The fourth-order valence-corrected chi connectivity index (χ4v) is 0.492. The molecule has 19 nitrogen and oxygen atoms in total. The largest absolute Gasteiger partial charge is 0.507 e. The number of hydrogen-bond donors (Lipinski definition) is 0. The highest BCUT2D eigenvalue weighted by molar-refractivity contribution is 7.97. The number of carbonyl (C=O) groups excluding carboxylic acids is 3. The molecule has 0 heterocycles. The predicted octanol–water partition coefficient (Wildman–Crippen LogP) is 1.38. The Kier molecular flexibility index (Phi) is 92.4. The number of ketones is 1. The molecule has 0 aromatic rings. The van der Waals surface area contributed by atoms with E-state index in [0.717, 1.165) is 26.7 Å². The quantitative estimate of drug-likeness (QED) is 0.355. The maximum atomic E-state index is 9.92. The molecule has 0 amide bonds. The summed E-state index contributed by atoms with van der Waals surface area (Å²) in [5.41, 5.74) is 0. The maximum Gasteiger partial charge on any atom is 0.507 e. The highest BCUT2D eigenvalue weighted by atomic mass is 32.3. The normalized spacial score (nSPS) is 9.29. The van der Waals surface area contributed by atoms with E-state index in [-0.39, 0.29) is 11.8 Å². The second-order valence-corrected chi connectivity index (χ2v) is 15.1. The van der Waals surface area contributed by atoms with Crippen LogP contribution in [0.4, 0.5) is 4.79 Å². The standard InChI is InChI=1S/C3H6O3.C3H6O2.C3H6O.C2H6O4S.C2H6O3S.2C2H6O2S.C2H6OS.C2H6O.C2H6S/c1-5-3(4)6-2;1-3(4)5-2;1-3(2)4;1-5-7(3,4)6-2;1-4-6(3)5-2;1-5(2,3)4;1-4-5(2)3;1-4(2)3;2*1-3-2/h1-2H3;1-2H3;1-2H3;1-2H3;1-2H3;2*1-2H3;1-2H3;2*1-2H3. The predicted molar refractivity (Wildman–Crippen MR) is 193 cm³/mol. The van der Waals surface area contributed by atoms with E-state index in [1.54, 1.807) is 38.5 Å². The Morgan fingerprint density at radius 2 is 0.750 bits per heavy atom. The van der Waals surface area contributed by atoms with Crippen molar-refractivity contribution in [2.24, 2.45) is 0 Å². The molecular formula is C23H60O19S6. The number of thioether (sulfide) groups is 1. The van der Waals surface area contributed by atoms with Crippen molar-refractivity contribution >= 4 is 83.1 Å². The lowest BCUT2D eigenvalue weighted by Gasteiger charge is -1.91. The fraction of sp³-hybridized carbons (Fsp3) is 0.870. The Balaban J connectivity index is -0.0000000422. The first-order chi connectivity index (χ1) is 21.6. The number of sulfone groups is 1. The molecule has 0 saturated carbocycles. The summed E-state index contributed by atoms with van der Waals surface area (Å²) in [6.07, 6.45) is 10.5. The van der Waals surface area contributed by atoms with Crippen molar-refractivity contribution < 1.29 is 83.7 Å². The molecule has 0 radical (unpaired) electrons. The molecule has 1 atom stereocenters. The summed E-state index contributed by atoms with van der Waals surface area (Å²) in [6, 6.07) is 0. The highest BCUT2D eigenvalue weighted by Crippen LogP contribution is 1.86. The third kappa shape index (κ3) is 303. The molecule has 1 unspecified atom stereocenters. The average molecular weight is 833 g/mol. The van der Waals surface area contributed by atoms with Crippen LogP contribution in [0.25, 0.3) is 0 Å². The van der Waals surface area contributed by atoms with Gasteiger partial charge in [-0.15, -0.1) is 0 Å². The van der Waals surface area contributed by atoms with E-state index < -0.39 is 59.6 Å². The van der Waals surface area contributed by atoms with Crippen molar-refractivity contribution in [2.45, 2.75) is 20.8 Å². The minimum absolute atomic E-state index is 0.167. The van der Waals surface area contributed by atoms with E-state index in [0.29, 0.717) is 0 Å². The molecule has 0 aliphatic carbocycles. The van der Waals surface area contributed by atoms with Crippen molar-refractivity contribution in [3.63, 3.8) is 0 Å². The Morgan fingerprint density at radius 3 is 0.750 bits per heavy atom. The monoisotopic (exact) mass is 832 g/mol. The maximum absolute atomic E-state index is 9.92. The van der Waals surface area contributed by atoms with E-state index in [4.69, 9.17) is 0 Å². The summed E-state index contributed by atoms with van der Waals surface area (Å²) in [7, 11) is 6.24. The van der Waals surface area contributed by atoms with Gasteiger partial charge in [0.05, 0.1) is 56.9 Å². The number of methoxy groups -OCH3 is 4. The van der Waals surface area contributed by atoms with Crippen LogP contribution in [-0.2, 0) is 103 Å². The van der Waals surface area contributed by atoms with Gasteiger partial charge in [-0.25, -0.2) is 17.4 Å².